The number of para-hydroxylation sites is 1. The molecule has 2 aromatic rings. The second-order valence-electron chi connectivity index (χ2n) is 9.09. The zero-order valence-electron chi connectivity index (χ0n) is 19.5. The van der Waals surface area contributed by atoms with Crippen LogP contribution in [-0.2, 0) is 16.0 Å². The van der Waals surface area contributed by atoms with E-state index in [1.54, 1.807) is 7.11 Å². The molecule has 6 heteroatoms. The molecule has 0 radical (unpaired) electrons. The van der Waals surface area contributed by atoms with Crippen molar-refractivity contribution < 1.29 is 14.3 Å². The topological polar surface area (TPSA) is 61.9 Å². The average molecular weight is 450 g/mol. The Morgan fingerprint density at radius 1 is 1.00 bits per heavy atom. The van der Waals surface area contributed by atoms with E-state index >= 15 is 0 Å². The minimum atomic E-state index is -0.157. The van der Waals surface area contributed by atoms with Crippen LogP contribution in [0.1, 0.15) is 42.9 Å². The van der Waals surface area contributed by atoms with Gasteiger partial charge in [0.25, 0.3) is 0 Å². The number of methoxy groups -OCH3 is 1. The van der Waals surface area contributed by atoms with Crippen LogP contribution in [0.4, 0.5) is 0 Å². The number of nitrogens with one attached hydrogen (secondary N) is 1. The average Bonchev–Trinajstić information content (AvgIpc) is 3.40. The zero-order valence-corrected chi connectivity index (χ0v) is 19.5. The van der Waals surface area contributed by atoms with E-state index in [2.05, 4.69) is 16.3 Å². The molecule has 2 saturated heterocycles. The molecule has 33 heavy (non-hydrogen) atoms. The Morgan fingerprint density at radius 2 is 1.73 bits per heavy atom. The molecular formula is C27H35N3O3. The van der Waals surface area contributed by atoms with Crippen LogP contribution in [-0.4, -0.2) is 61.4 Å². The zero-order chi connectivity index (χ0) is 23.0. The van der Waals surface area contributed by atoms with Crippen LogP contribution >= 0.6 is 0 Å². The van der Waals surface area contributed by atoms with Crippen molar-refractivity contribution >= 4 is 11.8 Å². The Hall–Kier alpha value is -2.86. The first-order valence-electron chi connectivity index (χ1n) is 12.1. The summed E-state index contributed by atoms with van der Waals surface area (Å²) in [6.45, 7) is 3.84. The molecule has 0 bridgehead atoms. The summed E-state index contributed by atoms with van der Waals surface area (Å²) in [6, 6.07) is 18.0. The number of ether oxygens (including phenoxy) is 1. The van der Waals surface area contributed by atoms with Gasteiger partial charge >= 0.3 is 0 Å². The predicted octanol–water partition coefficient (Wildman–Crippen LogP) is 3.43. The maximum Gasteiger partial charge on any atom is 0.227 e. The highest BCUT2D eigenvalue weighted by molar-refractivity contribution is 5.82. The van der Waals surface area contributed by atoms with Crippen LogP contribution in [0.15, 0.2) is 54.6 Å². The molecule has 4 rings (SSSR count). The highest BCUT2D eigenvalue weighted by atomic mass is 16.5. The summed E-state index contributed by atoms with van der Waals surface area (Å²) < 4.78 is 5.61. The monoisotopic (exact) mass is 449 g/mol. The summed E-state index contributed by atoms with van der Waals surface area (Å²) in [4.78, 5) is 30.2. The van der Waals surface area contributed by atoms with E-state index < -0.39 is 0 Å². The third-order valence-corrected chi connectivity index (χ3v) is 6.89. The van der Waals surface area contributed by atoms with Crippen molar-refractivity contribution in [2.24, 2.45) is 5.92 Å². The first-order chi connectivity index (χ1) is 16.2. The molecule has 0 aromatic heterocycles. The highest BCUT2D eigenvalue weighted by Crippen LogP contribution is 2.31. The molecule has 176 valence electrons. The van der Waals surface area contributed by atoms with E-state index in [0.29, 0.717) is 19.5 Å². The summed E-state index contributed by atoms with van der Waals surface area (Å²) in [5.74, 6) is 0.850. The molecule has 2 unspecified atom stereocenters. The van der Waals surface area contributed by atoms with Crippen LogP contribution in [0, 0.1) is 5.92 Å². The molecule has 1 N–H and O–H groups in total. The van der Waals surface area contributed by atoms with E-state index in [4.69, 9.17) is 4.74 Å². The molecule has 2 heterocycles. The standard InChI is InChI=1S/C27H35N3O3/c1-33-25-14-6-5-13-23(25)24(29-15-7-8-16-29)19-28-27(32)22-12-9-17-30(20-22)26(31)18-21-10-3-2-4-11-21/h2-6,10-11,13-14,22,24H,7-9,12,15-20H2,1H3,(H,28,32). The van der Waals surface area contributed by atoms with Gasteiger partial charge in [-0.25, -0.2) is 0 Å². The molecule has 2 aliphatic heterocycles. The maximum absolute atomic E-state index is 13.1. The summed E-state index contributed by atoms with van der Waals surface area (Å²) in [5, 5.41) is 3.21. The Kier molecular flexibility index (Phi) is 8.00. The van der Waals surface area contributed by atoms with Gasteiger partial charge in [-0.15, -0.1) is 0 Å². The molecule has 0 aliphatic carbocycles. The Morgan fingerprint density at radius 3 is 2.48 bits per heavy atom. The summed E-state index contributed by atoms with van der Waals surface area (Å²) in [7, 11) is 1.70. The molecule has 0 saturated carbocycles. The first kappa shape index (κ1) is 23.3. The van der Waals surface area contributed by atoms with Gasteiger partial charge in [0.15, 0.2) is 0 Å². The smallest absolute Gasteiger partial charge is 0.227 e. The molecular weight excluding hydrogens is 414 g/mol. The minimum Gasteiger partial charge on any atom is -0.496 e. The van der Waals surface area contributed by atoms with Crippen molar-refractivity contribution in [2.75, 3.05) is 39.8 Å². The molecule has 6 nitrogen and oxygen atoms in total. The summed E-state index contributed by atoms with van der Waals surface area (Å²) in [5.41, 5.74) is 2.13. The van der Waals surface area contributed by atoms with Crippen LogP contribution in [0.25, 0.3) is 0 Å². The van der Waals surface area contributed by atoms with Gasteiger partial charge in [0.2, 0.25) is 11.8 Å². The fourth-order valence-corrected chi connectivity index (χ4v) is 5.07. The number of nitrogens with zero attached hydrogens (tertiary/aromatic N) is 2. The van der Waals surface area contributed by atoms with Crippen molar-refractivity contribution in [1.82, 2.24) is 15.1 Å². The molecule has 2 aromatic carbocycles. The van der Waals surface area contributed by atoms with Crippen molar-refractivity contribution in [1.29, 1.82) is 0 Å². The van der Waals surface area contributed by atoms with Crippen LogP contribution in [0.3, 0.4) is 0 Å². The molecule has 2 atom stereocenters. The number of hydrogen-bond donors (Lipinski definition) is 1. The quantitative estimate of drug-likeness (QED) is 0.671. The third kappa shape index (κ3) is 5.93. The third-order valence-electron chi connectivity index (χ3n) is 6.89. The fraction of sp³-hybridized carbons (Fsp3) is 0.481. The van der Waals surface area contributed by atoms with E-state index in [0.717, 1.165) is 49.4 Å². The molecule has 0 spiro atoms. The second kappa shape index (κ2) is 11.3. The lowest BCUT2D eigenvalue weighted by atomic mass is 9.96. The van der Waals surface area contributed by atoms with Gasteiger partial charge in [-0.2, -0.15) is 0 Å². The summed E-state index contributed by atoms with van der Waals surface area (Å²) >= 11 is 0. The van der Waals surface area contributed by atoms with Gasteiger partial charge in [0.1, 0.15) is 5.75 Å². The fourth-order valence-electron chi connectivity index (χ4n) is 5.07. The number of likely N-dealkylation sites (tertiary alicyclic amines) is 2. The summed E-state index contributed by atoms with van der Waals surface area (Å²) in [6.07, 6.45) is 4.44. The lowest BCUT2D eigenvalue weighted by Gasteiger charge is -2.33. The van der Waals surface area contributed by atoms with Crippen molar-refractivity contribution in [3.8, 4) is 5.75 Å². The second-order valence-corrected chi connectivity index (χ2v) is 9.09. The van der Waals surface area contributed by atoms with Gasteiger partial charge in [-0.05, 0) is 50.4 Å². The number of carbonyl (C=O) groups excluding carboxylic acids is 2. The Labute approximate surface area is 196 Å². The molecule has 2 amide bonds. The Balaban J connectivity index is 1.37. The van der Waals surface area contributed by atoms with Crippen LogP contribution in [0.2, 0.25) is 0 Å². The number of amides is 2. The van der Waals surface area contributed by atoms with Gasteiger partial charge in [0, 0.05) is 25.2 Å². The van der Waals surface area contributed by atoms with E-state index in [9.17, 15) is 9.59 Å². The lowest BCUT2D eigenvalue weighted by molar-refractivity contribution is -0.135. The largest absolute Gasteiger partial charge is 0.496 e. The van der Waals surface area contributed by atoms with Crippen LogP contribution < -0.4 is 10.1 Å². The van der Waals surface area contributed by atoms with Gasteiger partial charge < -0.3 is 15.0 Å². The van der Waals surface area contributed by atoms with Crippen LogP contribution in [0.5, 0.6) is 5.75 Å². The Bertz CT molecular complexity index is 927. The number of hydrogen-bond acceptors (Lipinski definition) is 4. The van der Waals surface area contributed by atoms with Crippen molar-refractivity contribution in [2.45, 2.75) is 38.1 Å². The van der Waals surface area contributed by atoms with Crippen molar-refractivity contribution in [3.05, 3.63) is 65.7 Å². The van der Waals surface area contributed by atoms with E-state index in [-0.39, 0.29) is 23.8 Å². The van der Waals surface area contributed by atoms with Gasteiger partial charge in [0.05, 0.1) is 25.5 Å². The maximum atomic E-state index is 13.1. The number of piperidine rings is 1. The van der Waals surface area contributed by atoms with E-state index in [1.165, 1.54) is 12.8 Å². The number of benzene rings is 2. The first-order valence-corrected chi connectivity index (χ1v) is 12.1. The minimum absolute atomic E-state index is 0.0475. The highest BCUT2D eigenvalue weighted by Gasteiger charge is 2.30. The number of rotatable bonds is 8. The normalized spacial score (nSPS) is 19.8. The predicted molar refractivity (Wildman–Crippen MR) is 129 cm³/mol. The molecule has 2 aliphatic rings. The van der Waals surface area contributed by atoms with E-state index in [1.807, 2.05) is 53.4 Å². The van der Waals surface area contributed by atoms with Crippen molar-refractivity contribution in [3.63, 3.8) is 0 Å². The molecule has 2 fully saturated rings. The van der Waals surface area contributed by atoms with Gasteiger partial charge in [-0.1, -0.05) is 48.5 Å². The lowest BCUT2D eigenvalue weighted by Crippen LogP contribution is -2.47. The SMILES string of the molecule is COc1ccccc1C(CNC(=O)C1CCCN(C(=O)Cc2ccccc2)C1)N1CCCC1. The van der Waals surface area contributed by atoms with Gasteiger partial charge in [-0.3, -0.25) is 14.5 Å². The number of carbonyl (C=O) groups is 2.